The molecular formula is C27H32N2O5. The molecule has 1 saturated heterocycles. The SMILES string of the molecule is COc1ccc2ccc(=O)n(CCCC3(C(=O)O)CCN(CCOc4ccccc4)CC3)c2c1. The van der Waals surface area contributed by atoms with Crippen LogP contribution in [0.1, 0.15) is 25.7 Å². The number of likely N-dealkylation sites (tertiary alicyclic amines) is 1. The van der Waals surface area contributed by atoms with Crippen LogP contribution in [0.25, 0.3) is 10.9 Å². The molecule has 0 bridgehead atoms. The molecule has 2 aromatic carbocycles. The molecule has 0 radical (unpaired) electrons. The van der Waals surface area contributed by atoms with E-state index in [0.29, 0.717) is 44.6 Å². The van der Waals surface area contributed by atoms with Gasteiger partial charge in [0.2, 0.25) is 0 Å². The second-order valence-corrected chi connectivity index (χ2v) is 8.94. The third kappa shape index (κ3) is 5.42. The van der Waals surface area contributed by atoms with E-state index >= 15 is 0 Å². The maximum Gasteiger partial charge on any atom is 0.309 e. The summed E-state index contributed by atoms with van der Waals surface area (Å²) in [5.74, 6) is 0.804. The number of nitrogens with zero attached hydrogens (tertiary/aromatic N) is 2. The smallest absolute Gasteiger partial charge is 0.309 e. The number of carboxylic acid groups (broad SMARTS) is 1. The van der Waals surface area contributed by atoms with Gasteiger partial charge >= 0.3 is 5.97 Å². The number of methoxy groups -OCH3 is 1. The summed E-state index contributed by atoms with van der Waals surface area (Å²) in [5, 5.41) is 11.0. The average Bonchev–Trinajstić information content (AvgIpc) is 2.86. The molecule has 1 N–H and O–H groups in total. The minimum Gasteiger partial charge on any atom is -0.497 e. The summed E-state index contributed by atoms with van der Waals surface area (Å²) in [6, 6.07) is 18.7. The fourth-order valence-corrected chi connectivity index (χ4v) is 4.79. The second kappa shape index (κ2) is 10.7. The first-order valence-corrected chi connectivity index (χ1v) is 11.8. The van der Waals surface area contributed by atoms with E-state index in [1.54, 1.807) is 17.7 Å². The predicted octanol–water partition coefficient (Wildman–Crippen LogP) is 4.04. The Hall–Kier alpha value is -3.32. The molecule has 3 aromatic rings. The van der Waals surface area contributed by atoms with Gasteiger partial charge in [0, 0.05) is 25.2 Å². The van der Waals surface area contributed by atoms with Gasteiger partial charge in [-0.05, 0) is 74.5 Å². The number of ether oxygens (including phenoxy) is 2. The number of carboxylic acids is 1. The number of fused-ring (bicyclic) bond motifs is 1. The number of hydrogen-bond acceptors (Lipinski definition) is 5. The van der Waals surface area contributed by atoms with E-state index in [1.807, 2.05) is 54.6 Å². The number of aromatic nitrogens is 1. The number of aliphatic carboxylic acids is 1. The van der Waals surface area contributed by atoms with E-state index in [0.717, 1.165) is 36.3 Å². The Bertz CT molecular complexity index is 1170. The van der Waals surface area contributed by atoms with Crippen LogP contribution in [0.5, 0.6) is 11.5 Å². The molecule has 0 amide bonds. The van der Waals surface area contributed by atoms with Crippen molar-refractivity contribution >= 4 is 16.9 Å². The van der Waals surface area contributed by atoms with Gasteiger partial charge in [-0.25, -0.2) is 0 Å². The van der Waals surface area contributed by atoms with Crippen molar-refractivity contribution in [1.29, 1.82) is 0 Å². The highest BCUT2D eigenvalue weighted by Gasteiger charge is 2.40. The van der Waals surface area contributed by atoms with Gasteiger partial charge in [0.05, 0.1) is 18.0 Å². The topological polar surface area (TPSA) is 81.0 Å². The summed E-state index contributed by atoms with van der Waals surface area (Å²) in [5.41, 5.74) is -0.0225. The van der Waals surface area contributed by atoms with Crippen molar-refractivity contribution in [2.75, 3.05) is 33.4 Å². The zero-order valence-corrected chi connectivity index (χ0v) is 19.6. The molecular weight excluding hydrogens is 432 g/mol. The van der Waals surface area contributed by atoms with Gasteiger partial charge in [0.25, 0.3) is 5.56 Å². The monoisotopic (exact) mass is 464 g/mol. The number of para-hydroxylation sites is 1. The Morgan fingerprint density at radius 1 is 1.00 bits per heavy atom. The lowest BCUT2D eigenvalue weighted by molar-refractivity contribution is -0.152. The fraction of sp³-hybridized carbons (Fsp3) is 0.407. The number of aryl methyl sites for hydroxylation is 1. The van der Waals surface area contributed by atoms with Gasteiger partial charge < -0.3 is 19.1 Å². The molecule has 180 valence electrons. The van der Waals surface area contributed by atoms with E-state index in [4.69, 9.17) is 9.47 Å². The van der Waals surface area contributed by atoms with Gasteiger partial charge in [-0.1, -0.05) is 18.2 Å². The van der Waals surface area contributed by atoms with Crippen molar-refractivity contribution < 1.29 is 19.4 Å². The summed E-state index contributed by atoms with van der Waals surface area (Å²) in [4.78, 5) is 27.1. The zero-order valence-electron chi connectivity index (χ0n) is 19.6. The Morgan fingerprint density at radius 2 is 1.74 bits per heavy atom. The van der Waals surface area contributed by atoms with Gasteiger partial charge in [0.15, 0.2) is 0 Å². The maximum atomic E-state index is 12.6. The third-order valence-electron chi connectivity index (χ3n) is 6.92. The number of carbonyl (C=O) groups is 1. The maximum absolute atomic E-state index is 12.6. The molecule has 0 unspecified atom stereocenters. The van der Waals surface area contributed by atoms with Crippen LogP contribution in [-0.2, 0) is 11.3 Å². The molecule has 0 spiro atoms. The number of hydrogen-bond donors (Lipinski definition) is 1. The number of piperidine rings is 1. The summed E-state index contributed by atoms with van der Waals surface area (Å²) in [6.45, 7) is 3.30. The Labute approximate surface area is 199 Å². The Morgan fingerprint density at radius 3 is 2.44 bits per heavy atom. The second-order valence-electron chi connectivity index (χ2n) is 8.94. The third-order valence-corrected chi connectivity index (χ3v) is 6.92. The van der Waals surface area contributed by atoms with Gasteiger partial charge in [-0.2, -0.15) is 0 Å². The highest BCUT2D eigenvalue weighted by molar-refractivity contribution is 5.80. The molecule has 7 nitrogen and oxygen atoms in total. The van der Waals surface area contributed by atoms with E-state index in [-0.39, 0.29) is 5.56 Å². The van der Waals surface area contributed by atoms with Crippen molar-refractivity contribution in [1.82, 2.24) is 9.47 Å². The van der Waals surface area contributed by atoms with Gasteiger partial charge in [-0.15, -0.1) is 0 Å². The summed E-state index contributed by atoms with van der Waals surface area (Å²) in [7, 11) is 1.60. The van der Waals surface area contributed by atoms with Crippen LogP contribution in [0.4, 0.5) is 0 Å². The van der Waals surface area contributed by atoms with Crippen molar-refractivity contribution in [3.8, 4) is 11.5 Å². The summed E-state index contributed by atoms with van der Waals surface area (Å²) in [6.07, 6.45) is 2.38. The van der Waals surface area contributed by atoms with Crippen molar-refractivity contribution in [2.24, 2.45) is 5.41 Å². The van der Waals surface area contributed by atoms with Crippen LogP contribution < -0.4 is 15.0 Å². The quantitative estimate of drug-likeness (QED) is 0.488. The molecule has 0 saturated carbocycles. The lowest BCUT2D eigenvalue weighted by atomic mass is 9.75. The lowest BCUT2D eigenvalue weighted by Crippen LogP contribution is -2.45. The predicted molar refractivity (Wildman–Crippen MR) is 132 cm³/mol. The molecule has 0 atom stereocenters. The van der Waals surface area contributed by atoms with Crippen molar-refractivity contribution in [3.63, 3.8) is 0 Å². The zero-order chi connectivity index (χ0) is 24.0. The van der Waals surface area contributed by atoms with Crippen LogP contribution in [0.2, 0.25) is 0 Å². The Balaban J connectivity index is 1.34. The van der Waals surface area contributed by atoms with Crippen molar-refractivity contribution in [3.05, 3.63) is 71.0 Å². The molecule has 1 aliphatic rings. The lowest BCUT2D eigenvalue weighted by Gasteiger charge is -2.39. The first kappa shape index (κ1) is 23.8. The van der Waals surface area contributed by atoms with Crippen LogP contribution in [-0.4, -0.2) is 53.9 Å². The molecule has 4 rings (SSSR count). The van der Waals surface area contributed by atoms with Gasteiger partial charge in [0.1, 0.15) is 18.1 Å². The molecule has 1 aromatic heterocycles. The molecule has 1 fully saturated rings. The highest BCUT2D eigenvalue weighted by Crippen LogP contribution is 2.37. The molecule has 7 heteroatoms. The Kier molecular flexibility index (Phi) is 7.53. The number of pyridine rings is 1. The van der Waals surface area contributed by atoms with Crippen LogP contribution in [0.3, 0.4) is 0 Å². The van der Waals surface area contributed by atoms with E-state index in [2.05, 4.69) is 4.90 Å². The van der Waals surface area contributed by atoms with E-state index in [9.17, 15) is 14.7 Å². The average molecular weight is 465 g/mol. The van der Waals surface area contributed by atoms with Crippen LogP contribution in [0, 0.1) is 5.41 Å². The molecule has 1 aliphatic heterocycles. The molecule has 34 heavy (non-hydrogen) atoms. The van der Waals surface area contributed by atoms with Crippen molar-refractivity contribution in [2.45, 2.75) is 32.2 Å². The summed E-state index contributed by atoms with van der Waals surface area (Å²) >= 11 is 0. The molecule has 2 heterocycles. The van der Waals surface area contributed by atoms with Gasteiger partial charge in [-0.3, -0.25) is 14.5 Å². The number of benzene rings is 2. The van der Waals surface area contributed by atoms with E-state index < -0.39 is 11.4 Å². The van der Waals surface area contributed by atoms with Crippen LogP contribution in [0.15, 0.2) is 65.5 Å². The van der Waals surface area contributed by atoms with E-state index in [1.165, 1.54) is 0 Å². The first-order valence-electron chi connectivity index (χ1n) is 11.8. The minimum absolute atomic E-state index is 0.0848. The highest BCUT2D eigenvalue weighted by atomic mass is 16.5. The van der Waals surface area contributed by atoms with Crippen LogP contribution >= 0.6 is 0 Å². The standard InChI is InChI=1S/C27H32N2O5/c1-33-23-10-8-21-9-11-25(30)29(24(21)20-23)15-5-12-27(26(31)32)13-16-28(17-14-27)18-19-34-22-6-3-2-4-7-22/h2-4,6-11,20H,5,12-19H2,1H3,(H,31,32). The minimum atomic E-state index is -0.747. The fourth-order valence-electron chi connectivity index (χ4n) is 4.79. The normalized spacial score (nSPS) is 15.8. The largest absolute Gasteiger partial charge is 0.497 e. The number of rotatable bonds is 10. The first-order chi connectivity index (χ1) is 16.5. The summed E-state index contributed by atoms with van der Waals surface area (Å²) < 4.78 is 12.8. The molecule has 0 aliphatic carbocycles.